The minimum Gasteiger partial charge on any atom is -0.480 e. The molecule has 0 saturated heterocycles. The fourth-order valence-corrected chi connectivity index (χ4v) is 0.955. The van der Waals surface area contributed by atoms with Gasteiger partial charge in [-0.3, -0.25) is 4.79 Å². The third-order valence-corrected chi connectivity index (χ3v) is 1.62. The second-order valence-corrected chi connectivity index (χ2v) is 2.63. The van der Waals surface area contributed by atoms with Gasteiger partial charge in [0.05, 0.1) is 0 Å². The number of nitrogens with two attached hydrogens (primary N) is 1. The summed E-state index contributed by atoms with van der Waals surface area (Å²) in [7, 11) is 0. The van der Waals surface area contributed by atoms with E-state index >= 15 is 0 Å². The largest absolute Gasteiger partial charge is 0.480 e. The number of carboxylic acid groups (broad SMARTS) is 1. The van der Waals surface area contributed by atoms with Crippen molar-refractivity contribution in [2.24, 2.45) is 5.73 Å². The van der Waals surface area contributed by atoms with Crippen LogP contribution in [0.25, 0.3) is 0 Å². The number of benzene rings is 1. The fourth-order valence-electron chi connectivity index (χ4n) is 0.955. The van der Waals surface area contributed by atoms with Crippen LogP contribution in [0.4, 0.5) is 0 Å². The second kappa shape index (κ2) is 7.69. The number of carboxylic acids is 1. The SMILES string of the molecule is C.N[C@@H](Cc1ccccc1)C(=O)O.[Pd]. The van der Waals surface area contributed by atoms with Crippen LogP contribution in [0.1, 0.15) is 13.0 Å². The first-order chi connectivity index (χ1) is 5.70. The Morgan fingerprint density at radius 1 is 1.36 bits per heavy atom. The summed E-state index contributed by atoms with van der Waals surface area (Å²) < 4.78 is 0. The van der Waals surface area contributed by atoms with Gasteiger partial charge in [-0.25, -0.2) is 0 Å². The van der Waals surface area contributed by atoms with Crippen molar-refractivity contribution in [3.05, 3.63) is 35.9 Å². The van der Waals surface area contributed by atoms with Gasteiger partial charge in [0.15, 0.2) is 0 Å². The maximum absolute atomic E-state index is 10.4. The van der Waals surface area contributed by atoms with Crippen molar-refractivity contribution in [1.29, 1.82) is 0 Å². The van der Waals surface area contributed by atoms with Gasteiger partial charge in [-0.2, -0.15) is 0 Å². The minimum atomic E-state index is -0.959. The average molecular weight is 288 g/mol. The smallest absolute Gasteiger partial charge is 0.320 e. The van der Waals surface area contributed by atoms with Crippen molar-refractivity contribution in [2.45, 2.75) is 19.9 Å². The molecule has 0 aromatic heterocycles. The van der Waals surface area contributed by atoms with E-state index in [4.69, 9.17) is 10.8 Å². The van der Waals surface area contributed by atoms with Crippen LogP contribution in [0.15, 0.2) is 30.3 Å². The maximum Gasteiger partial charge on any atom is 0.320 e. The number of rotatable bonds is 3. The van der Waals surface area contributed by atoms with Crippen LogP contribution >= 0.6 is 0 Å². The molecular weight excluding hydrogens is 273 g/mol. The van der Waals surface area contributed by atoms with Gasteiger partial charge in [-0.1, -0.05) is 37.8 Å². The first-order valence-electron chi connectivity index (χ1n) is 3.72. The van der Waals surface area contributed by atoms with E-state index in [-0.39, 0.29) is 27.8 Å². The zero-order valence-corrected chi connectivity index (χ0v) is 8.47. The monoisotopic (exact) mass is 287 g/mol. The van der Waals surface area contributed by atoms with Gasteiger partial charge in [0, 0.05) is 20.4 Å². The van der Waals surface area contributed by atoms with Crippen molar-refractivity contribution < 1.29 is 30.3 Å². The van der Waals surface area contributed by atoms with Crippen molar-refractivity contribution in [3.8, 4) is 0 Å². The van der Waals surface area contributed by atoms with E-state index in [2.05, 4.69) is 0 Å². The Bertz CT molecular complexity index is 264. The predicted octanol–water partition coefficient (Wildman–Crippen LogP) is 1.27. The molecule has 0 bridgehead atoms. The van der Waals surface area contributed by atoms with Crippen LogP contribution in [-0.2, 0) is 31.6 Å². The molecule has 0 radical (unpaired) electrons. The Balaban J connectivity index is 0. The van der Waals surface area contributed by atoms with Gasteiger partial charge in [0.2, 0.25) is 0 Å². The summed E-state index contributed by atoms with van der Waals surface area (Å²) in [5.74, 6) is -0.959. The molecule has 0 heterocycles. The average Bonchev–Trinajstić information content (AvgIpc) is 2.06. The first-order valence-corrected chi connectivity index (χ1v) is 3.72. The van der Waals surface area contributed by atoms with Crippen molar-refractivity contribution in [2.75, 3.05) is 0 Å². The van der Waals surface area contributed by atoms with Gasteiger partial charge >= 0.3 is 5.97 Å². The van der Waals surface area contributed by atoms with Crippen LogP contribution in [-0.4, -0.2) is 17.1 Å². The third kappa shape index (κ3) is 5.13. The predicted molar refractivity (Wildman–Crippen MR) is 52.5 cm³/mol. The molecule has 3 N–H and O–H groups in total. The Labute approximate surface area is 98.0 Å². The normalized spacial score (nSPS) is 10.6. The van der Waals surface area contributed by atoms with Crippen molar-refractivity contribution >= 4 is 5.97 Å². The summed E-state index contributed by atoms with van der Waals surface area (Å²) in [5.41, 5.74) is 6.30. The molecule has 0 aliphatic rings. The van der Waals surface area contributed by atoms with E-state index < -0.39 is 12.0 Å². The van der Waals surface area contributed by atoms with Gasteiger partial charge in [0.1, 0.15) is 6.04 Å². The van der Waals surface area contributed by atoms with Crippen LogP contribution < -0.4 is 5.73 Å². The molecule has 1 rings (SSSR count). The molecule has 0 fully saturated rings. The maximum atomic E-state index is 10.4. The molecule has 3 nitrogen and oxygen atoms in total. The zero-order valence-electron chi connectivity index (χ0n) is 6.92. The topological polar surface area (TPSA) is 63.3 Å². The van der Waals surface area contributed by atoms with E-state index in [0.29, 0.717) is 6.42 Å². The van der Waals surface area contributed by atoms with Gasteiger partial charge < -0.3 is 10.8 Å². The molecule has 1 atom stereocenters. The molecule has 1 aromatic rings. The molecule has 14 heavy (non-hydrogen) atoms. The van der Waals surface area contributed by atoms with Gasteiger partial charge in [0.25, 0.3) is 0 Å². The standard InChI is InChI=1S/C9H11NO2.CH4.Pd/c10-8(9(11)12)6-7-4-2-1-3-5-7;;/h1-5,8H,6,10H2,(H,11,12);1H4;/t8-;;/m0../s1. The molecule has 0 unspecified atom stereocenters. The molecule has 4 heteroatoms. The van der Waals surface area contributed by atoms with E-state index in [9.17, 15) is 4.79 Å². The van der Waals surface area contributed by atoms with Gasteiger partial charge in [-0.05, 0) is 12.0 Å². The van der Waals surface area contributed by atoms with Crippen LogP contribution in [0.2, 0.25) is 0 Å². The summed E-state index contributed by atoms with van der Waals surface area (Å²) in [5, 5.41) is 8.52. The minimum absolute atomic E-state index is 0. The zero-order chi connectivity index (χ0) is 8.97. The summed E-state index contributed by atoms with van der Waals surface area (Å²) >= 11 is 0. The Kier molecular flexibility index (Phi) is 8.66. The molecule has 0 saturated carbocycles. The summed E-state index contributed by atoms with van der Waals surface area (Å²) in [6, 6.07) is 8.54. The van der Waals surface area contributed by atoms with Crippen molar-refractivity contribution in [3.63, 3.8) is 0 Å². The van der Waals surface area contributed by atoms with Crippen molar-refractivity contribution in [1.82, 2.24) is 0 Å². The molecule has 1 aromatic carbocycles. The molecular formula is C10H15NO2Pd. The quantitative estimate of drug-likeness (QED) is 0.823. The molecule has 0 amide bonds. The first kappa shape index (κ1) is 15.8. The van der Waals surface area contributed by atoms with E-state index in [1.807, 2.05) is 30.3 Å². The number of aliphatic carboxylic acids is 1. The number of hydrogen-bond donors (Lipinski definition) is 2. The number of carbonyl (C=O) groups is 1. The van der Waals surface area contributed by atoms with E-state index in [1.165, 1.54) is 0 Å². The summed E-state index contributed by atoms with van der Waals surface area (Å²) in [6.45, 7) is 0. The van der Waals surface area contributed by atoms with Crippen LogP contribution in [0.3, 0.4) is 0 Å². The molecule has 82 valence electrons. The van der Waals surface area contributed by atoms with Crippen LogP contribution in [0, 0.1) is 0 Å². The third-order valence-electron chi connectivity index (χ3n) is 1.62. The Hall–Kier alpha value is -0.688. The van der Waals surface area contributed by atoms with Gasteiger partial charge in [-0.15, -0.1) is 0 Å². The molecule has 0 spiro atoms. The Morgan fingerprint density at radius 3 is 2.29 bits per heavy atom. The second-order valence-electron chi connectivity index (χ2n) is 2.63. The molecule has 0 aliphatic carbocycles. The van der Waals surface area contributed by atoms with Crippen LogP contribution in [0.5, 0.6) is 0 Å². The summed E-state index contributed by atoms with van der Waals surface area (Å²) in [4.78, 5) is 10.4. The number of hydrogen-bond acceptors (Lipinski definition) is 2. The summed E-state index contributed by atoms with van der Waals surface area (Å²) in [6.07, 6.45) is 0.385. The van der Waals surface area contributed by atoms with E-state index in [0.717, 1.165) is 5.56 Å². The Morgan fingerprint density at radius 2 is 1.86 bits per heavy atom. The van der Waals surface area contributed by atoms with E-state index in [1.54, 1.807) is 0 Å². The molecule has 0 aliphatic heterocycles. The fraction of sp³-hybridized carbons (Fsp3) is 0.300.